The van der Waals surface area contributed by atoms with Gasteiger partial charge in [0.1, 0.15) is 10.4 Å². The molecule has 108 valence electrons. The Bertz CT molecular complexity index is 744. The van der Waals surface area contributed by atoms with Gasteiger partial charge >= 0.3 is 5.97 Å². The number of carboxylic acids is 1. The van der Waals surface area contributed by atoms with E-state index in [-0.39, 0.29) is 16.3 Å². The number of fused-ring (bicyclic) bond motifs is 1. The van der Waals surface area contributed by atoms with Crippen LogP contribution in [0.5, 0.6) is 0 Å². The number of hydrogen-bond acceptors (Lipinski definition) is 3. The van der Waals surface area contributed by atoms with Gasteiger partial charge in [0, 0.05) is 12.1 Å². The molecule has 0 radical (unpaired) electrons. The van der Waals surface area contributed by atoms with Crippen LogP contribution in [0.15, 0.2) is 30.3 Å². The van der Waals surface area contributed by atoms with Crippen LogP contribution in [0.2, 0.25) is 8.67 Å². The lowest BCUT2D eigenvalue weighted by molar-refractivity contribution is -0.138. The zero-order valence-electron chi connectivity index (χ0n) is 10.5. The molecular weight excluding hydrogens is 333 g/mol. The number of carbonyl (C=O) groups excluding carboxylic acids is 1. The molecule has 1 atom stereocenters. The molecule has 2 aromatic rings. The van der Waals surface area contributed by atoms with Gasteiger partial charge in [-0.1, -0.05) is 41.4 Å². The smallest absolute Gasteiger partial charge is 0.327 e. The molecule has 1 N–H and O–H groups in total. The van der Waals surface area contributed by atoms with Crippen LogP contribution in [0, 0.1) is 0 Å². The maximum Gasteiger partial charge on any atom is 0.327 e. The van der Waals surface area contributed by atoms with Crippen LogP contribution in [0.4, 0.5) is 5.69 Å². The molecule has 1 amide bonds. The highest BCUT2D eigenvalue weighted by Gasteiger charge is 2.39. The van der Waals surface area contributed by atoms with Crippen molar-refractivity contribution in [3.05, 3.63) is 50.1 Å². The fraction of sp³-hybridized carbons (Fsp3) is 0.143. The number of aliphatic carboxylic acids is 1. The first-order valence-electron chi connectivity index (χ1n) is 6.08. The number of carbonyl (C=O) groups is 2. The number of carboxylic acid groups (broad SMARTS) is 1. The van der Waals surface area contributed by atoms with Crippen molar-refractivity contribution in [3.63, 3.8) is 0 Å². The minimum absolute atomic E-state index is 0.231. The van der Waals surface area contributed by atoms with Crippen LogP contribution in [0.1, 0.15) is 15.9 Å². The minimum Gasteiger partial charge on any atom is -0.480 e. The van der Waals surface area contributed by atoms with Crippen molar-refractivity contribution >= 4 is 52.1 Å². The van der Waals surface area contributed by atoms with Crippen molar-refractivity contribution in [2.45, 2.75) is 12.5 Å². The predicted molar refractivity (Wildman–Crippen MR) is 82.7 cm³/mol. The summed E-state index contributed by atoms with van der Waals surface area (Å²) >= 11 is 13.0. The fourth-order valence-corrected chi connectivity index (χ4v) is 3.90. The maximum atomic E-state index is 12.7. The molecule has 0 spiro atoms. The van der Waals surface area contributed by atoms with Crippen molar-refractivity contribution in [1.29, 1.82) is 0 Å². The summed E-state index contributed by atoms with van der Waals surface area (Å²) in [4.78, 5) is 25.4. The molecule has 7 heteroatoms. The van der Waals surface area contributed by atoms with Gasteiger partial charge in [0.05, 0.1) is 9.90 Å². The van der Waals surface area contributed by atoms with Gasteiger partial charge < -0.3 is 5.11 Å². The third-order valence-electron chi connectivity index (χ3n) is 3.37. The average Bonchev–Trinajstić information content (AvgIpc) is 2.98. The molecule has 1 aromatic carbocycles. The van der Waals surface area contributed by atoms with E-state index in [2.05, 4.69) is 0 Å². The van der Waals surface area contributed by atoms with Gasteiger partial charge in [-0.05, 0) is 17.7 Å². The topological polar surface area (TPSA) is 57.6 Å². The zero-order chi connectivity index (χ0) is 15.1. The third-order valence-corrected chi connectivity index (χ3v) is 4.85. The van der Waals surface area contributed by atoms with Crippen molar-refractivity contribution < 1.29 is 14.7 Å². The van der Waals surface area contributed by atoms with E-state index in [1.807, 2.05) is 12.1 Å². The van der Waals surface area contributed by atoms with Crippen molar-refractivity contribution in [1.82, 2.24) is 0 Å². The highest BCUT2D eigenvalue weighted by atomic mass is 35.5. The highest BCUT2D eigenvalue weighted by molar-refractivity contribution is 7.20. The molecule has 1 aromatic heterocycles. The number of anilines is 1. The number of hydrogen-bond donors (Lipinski definition) is 1. The SMILES string of the molecule is O=C(O)C1Cc2ccccc2N1C(=O)c1cc(Cl)sc1Cl. The Morgan fingerprint density at radius 2 is 2.00 bits per heavy atom. The number of amides is 1. The zero-order valence-corrected chi connectivity index (χ0v) is 12.9. The van der Waals surface area contributed by atoms with Gasteiger partial charge in [-0.25, -0.2) is 4.79 Å². The van der Waals surface area contributed by atoms with Gasteiger partial charge in [0.25, 0.3) is 5.91 Å². The first-order valence-corrected chi connectivity index (χ1v) is 7.65. The third kappa shape index (κ3) is 2.41. The lowest BCUT2D eigenvalue weighted by atomic mass is 10.1. The molecular formula is C14H9Cl2NO3S. The summed E-state index contributed by atoms with van der Waals surface area (Å²) in [5.74, 6) is -1.49. The molecule has 21 heavy (non-hydrogen) atoms. The van der Waals surface area contributed by atoms with Gasteiger partial charge in [-0.15, -0.1) is 11.3 Å². The Labute approximate surface area is 134 Å². The van der Waals surface area contributed by atoms with Gasteiger partial charge in [-0.3, -0.25) is 9.69 Å². The summed E-state index contributed by atoms with van der Waals surface area (Å²) in [6.45, 7) is 0. The Morgan fingerprint density at radius 1 is 1.29 bits per heavy atom. The summed E-state index contributed by atoms with van der Waals surface area (Å²) in [6.07, 6.45) is 0.284. The standard InChI is InChI=1S/C14H9Cl2NO3S/c15-11-6-8(12(16)21-11)13(18)17-9-4-2-1-3-7(9)5-10(17)14(19)20/h1-4,6,10H,5H2,(H,19,20). The molecule has 0 saturated heterocycles. The molecule has 4 nitrogen and oxygen atoms in total. The monoisotopic (exact) mass is 341 g/mol. The molecule has 0 bridgehead atoms. The molecule has 1 aliphatic rings. The highest BCUT2D eigenvalue weighted by Crippen LogP contribution is 2.37. The summed E-state index contributed by atoms with van der Waals surface area (Å²) in [6, 6.07) is 7.69. The first kappa shape index (κ1) is 14.4. The van der Waals surface area contributed by atoms with E-state index in [9.17, 15) is 14.7 Å². The van der Waals surface area contributed by atoms with Crippen LogP contribution >= 0.6 is 34.5 Å². The quantitative estimate of drug-likeness (QED) is 0.905. The number of rotatable bonds is 2. The normalized spacial score (nSPS) is 16.9. The van der Waals surface area contributed by atoms with E-state index in [0.29, 0.717) is 10.0 Å². The van der Waals surface area contributed by atoms with Crippen LogP contribution in [-0.2, 0) is 11.2 Å². The summed E-state index contributed by atoms with van der Waals surface area (Å²) in [7, 11) is 0. The molecule has 1 aliphatic heterocycles. The van der Waals surface area contributed by atoms with Crippen LogP contribution < -0.4 is 4.90 Å². The number of nitrogens with zero attached hydrogens (tertiary/aromatic N) is 1. The number of thiophene rings is 1. The van der Waals surface area contributed by atoms with E-state index < -0.39 is 17.9 Å². The molecule has 0 saturated carbocycles. The van der Waals surface area contributed by atoms with Crippen LogP contribution in [0.25, 0.3) is 0 Å². The number of para-hydroxylation sites is 1. The van der Waals surface area contributed by atoms with E-state index in [1.165, 1.54) is 11.0 Å². The lowest BCUT2D eigenvalue weighted by Gasteiger charge is -2.22. The summed E-state index contributed by atoms with van der Waals surface area (Å²) < 4.78 is 0.654. The predicted octanol–water partition coefficient (Wildman–Crippen LogP) is 3.71. The van der Waals surface area contributed by atoms with Crippen LogP contribution in [-0.4, -0.2) is 23.0 Å². The van der Waals surface area contributed by atoms with E-state index >= 15 is 0 Å². The van der Waals surface area contributed by atoms with E-state index in [1.54, 1.807) is 12.1 Å². The molecule has 3 rings (SSSR count). The summed E-state index contributed by atoms with van der Waals surface area (Å²) in [5, 5.41) is 9.38. The van der Waals surface area contributed by atoms with E-state index in [0.717, 1.165) is 16.9 Å². The Hall–Kier alpha value is -1.56. The molecule has 0 fully saturated rings. The second-order valence-corrected chi connectivity index (χ2v) is 6.89. The second kappa shape index (κ2) is 5.33. The lowest BCUT2D eigenvalue weighted by Crippen LogP contribution is -2.42. The Kier molecular flexibility index (Phi) is 3.65. The van der Waals surface area contributed by atoms with Gasteiger partial charge in [-0.2, -0.15) is 0 Å². The maximum absolute atomic E-state index is 12.7. The fourth-order valence-electron chi connectivity index (χ4n) is 2.45. The van der Waals surface area contributed by atoms with Gasteiger partial charge in [0.2, 0.25) is 0 Å². The number of halogens is 2. The van der Waals surface area contributed by atoms with E-state index in [4.69, 9.17) is 23.2 Å². The minimum atomic E-state index is -1.04. The second-order valence-electron chi connectivity index (χ2n) is 4.60. The summed E-state index contributed by atoms with van der Waals surface area (Å²) in [5.41, 5.74) is 1.67. The van der Waals surface area contributed by atoms with Crippen LogP contribution in [0.3, 0.4) is 0 Å². The molecule has 2 heterocycles. The van der Waals surface area contributed by atoms with Crippen molar-refractivity contribution in [2.75, 3.05) is 4.90 Å². The van der Waals surface area contributed by atoms with Crippen molar-refractivity contribution in [3.8, 4) is 0 Å². The largest absolute Gasteiger partial charge is 0.480 e. The number of benzene rings is 1. The first-order chi connectivity index (χ1) is 9.99. The Balaban J connectivity index is 2.07. The molecule has 1 unspecified atom stereocenters. The van der Waals surface area contributed by atoms with Crippen molar-refractivity contribution in [2.24, 2.45) is 0 Å². The van der Waals surface area contributed by atoms with Gasteiger partial charge in [0.15, 0.2) is 0 Å². The average molecular weight is 342 g/mol. The Morgan fingerprint density at radius 3 is 2.62 bits per heavy atom. The molecule has 0 aliphatic carbocycles.